The van der Waals surface area contributed by atoms with Gasteiger partial charge in [-0.25, -0.2) is 0 Å². The van der Waals surface area contributed by atoms with Crippen molar-refractivity contribution in [3.63, 3.8) is 0 Å². The van der Waals surface area contributed by atoms with Crippen LogP contribution in [-0.2, 0) is 30.4 Å². The van der Waals surface area contributed by atoms with Gasteiger partial charge >= 0.3 is 5.97 Å². The molecule has 6 nitrogen and oxygen atoms in total. The van der Waals surface area contributed by atoms with Crippen LogP contribution in [0.5, 0.6) is 0 Å². The molecular formula is C20H25NO5. The van der Waals surface area contributed by atoms with E-state index in [1.54, 1.807) is 5.06 Å². The third-order valence-electron chi connectivity index (χ3n) is 6.09. The van der Waals surface area contributed by atoms with E-state index in [4.69, 9.17) is 19.0 Å². The lowest BCUT2D eigenvalue weighted by Gasteiger charge is -2.32. The molecule has 0 unspecified atom stereocenters. The zero-order valence-electron chi connectivity index (χ0n) is 14.8. The lowest BCUT2D eigenvalue weighted by molar-refractivity contribution is -0.229. The van der Waals surface area contributed by atoms with E-state index in [0.717, 1.165) is 31.2 Å². The molecule has 0 radical (unpaired) electrons. The van der Waals surface area contributed by atoms with Crippen LogP contribution in [-0.4, -0.2) is 48.3 Å². The molecule has 5 rings (SSSR count). The van der Waals surface area contributed by atoms with Crippen molar-refractivity contribution < 1.29 is 23.8 Å². The van der Waals surface area contributed by atoms with Gasteiger partial charge in [-0.15, -0.1) is 0 Å². The number of benzene rings is 1. The first-order valence-electron chi connectivity index (χ1n) is 9.70. The second-order valence-electron chi connectivity index (χ2n) is 7.81. The van der Waals surface area contributed by atoms with Gasteiger partial charge < -0.3 is 14.2 Å². The van der Waals surface area contributed by atoms with Gasteiger partial charge in [0.05, 0.1) is 25.7 Å². The molecule has 0 bridgehead atoms. The summed E-state index contributed by atoms with van der Waals surface area (Å²) in [5, 5.41) is 1.79. The maximum atomic E-state index is 12.3. The van der Waals surface area contributed by atoms with Crippen molar-refractivity contribution in [3.8, 4) is 0 Å². The zero-order valence-corrected chi connectivity index (χ0v) is 14.8. The van der Waals surface area contributed by atoms with Crippen molar-refractivity contribution in [1.82, 2.24) is 5.06 Å². The first-order valence-corrected chi connectivity index (χ1v) is 9.70. The predicted octanol–water partition coefficient (Wildman–Crippen LogP) is 2.42. The second kappa shape index (κ2) is 6.60. The minimum Gasteiger partial charge on any atom is -0.464 e. The van der Waals surface area contributed by atoms with Gasteiger partial charge in [-0.1, -0.05) is 36.8 Å². The normalized spacial score (nSPS) is 36.4. The number of rotatable bonds is 3. The number of carbonyl (C=O) groups is 1. The first kappa shape index (κ1) is 16.7. The molecule has 1 saturated carbocycles. The van der Waals surface area contributed by atoms with Crippen LogP contribution >= 0.6 is 0 Å². The van der Waals surface area contributed by atoms with Crippen LogP contribution in [0.1, 0.15) is 37.7 Å². The smallest absolute Gasteiger partial charge is 0.326 e. The molecule has 0 amide bonds. The summed E-state index contributed by atoms with van der Waals surface area (Å²) in [6.07, 6.45) is 5.10. The molecule has 26 heavy (non-hydrogen) atoms. The Hall–Kier alpha value is -1.47. The molecule has 3 heterocycles. The minimum absolute atomic E-state index is 0.00134. The van der Waals surface area contributed by atoms with Crippen LogP contribution in [0.4, 0.5) is 0 Å². The van der Waals surface area contributed by atoms with Crippen LogP contribution in [0, 0.1) is 5.92 Å². The molecule has 3 saturated heterocycles. The standard InChI is InChI=1S/C20H25NO5/c22-19-17-15(12-23-19)18(26-21(17)11-14-7-3-1-4-8-14)16-13-24-20(25-16)9-5-2-6-10-20/h1,3-4,7-8,15-18H,2,5-6,9-13H2/t15-,16+,17+,18-/m0/s1. The number of fused-ring (bicyclic) bond motifs is 1. The summed E-state index contributed by atoms with van der Waals surface area (Å²) in [6, 6.07) is 9.70. The van der Waals surface area contributed by atoms with Gasteiger partial charge in [-0.3, -0.25) is 9.63 Å². The number of hydroxylamine groups is 2. The molecule has 140 valence electrons. The number of hydrogen-bond donors (Lipinski definition) is 0. The number of carbonyl (C=O) groups excluding carboxylic acids is 1. The van der Waals surface area contributed by atoms with Crippen molar-refractivity contribution in [2.75, 3.05) is 13.2 Å². The summed E-state index contributed by atoms with van der Waals surface area (Å²) in [4.78, 5) is 18.5. The highest BCUT2D eigenvalue weighted by molar-refractivity contribution is 5.78. The number of hydrogen-bond acceptors (Lipinski definition) is 6. The Labute approximate surface area is 153 Å². The lowest BCUT2D eigenvalue weighted by atomic mass is 9.93. The number of esters is 1. The molecule has 4 fully saturated rings. The van der Waals surface area contributed by atoms with E-state index in [1.807, 2.05) is 30.3 Å². The highest BCUT2D eigenvalue weighted by atomic mass is 16.8. The van der Waals surface area contributed by atoms with E-state index < -0.39 is 5.79 Å². The molecule has 6 heteroatoms. The summed E-state index contributed by atoms with van der Waals surface area (Å²) in [7, 11) is 0. The quantitative estimate of drug-likeness (QED) is 0.773. The molecule has 0 aromatic heterocycles. The van der Waals surface area contributed by atoms with Crippen LogP contribution in [0.3, 0.4) is 0 Å². The molecular weight excluding hydrogens is 334 g/mol. The Kier molecular flexibility index (Phi) is 4.24. The van der Waals surface area contributed by atoms with Crippen LogP contribution in [0.15, 0.2) is 30.3 Å². The second-order valence-corrected chi connectivity index (χ2v) is 7.81. The van der Waals surface area contributed by atoms with Crippen molar-refractivity contribution >= 4 is 5.97 Å². The summed E-state index contributed by atoms with van der Waals surface area (Å²) < 4.78 is 17.8. The fourth-order valence-electron chi connectivity index (χ4n) is 4.77. The average Bonchev–Trinajstić information content (AvgIpc) is 3.34. The van der Waals surface area contributed by atoms with Gasteiger partial charge in [0.1, 0.15) is 18.2 Å². The largest absolute Gasteiger partial charge is 0.464 e. The maximum Gasteiger partial charge on any atom is 0.326 e. The van der Waals surface area contributed by atoms with E-state index in [2.05, 4.69) is 0 Å². The third-order valence-corrected chi connectivity index (χ3v) is 6.09. The van der Waals surface area contributed by atoms with Crippen molar-refractivity contribution in [1.29, 1.82) is 0 Å². The molecule has 1 aliphatic carbocycles. The molecule has 4 aliphatic rings. The fraction of sp³-hybridized carbons (Fsp3) is 0.650. The Morgan fingerprint density at radius 1 is 1.08 bits per heavy atom. The van der Waals surface area contributed by atoms with E-state index >= 15 is 0 Å². The van der Waals surface area contributed by atoms with Crippen LogP contribution in [0.25, 0.3) is 0 Å². The van der Waals surface area contributed by atoms with Gasteiger partial charge in [0, 0.05) is 12.8 Å². The van der Waals surface area contributed by atoms with E-state index in [9.17, 15) is 4.79 Å². The minimum atomic E-state index is -0.432. The zero-order chi connectivity index (χ0) is 17.6. The summed E-state index contributed by atoms with van der Waals surface area (Å²) in [5.74, 6) is -0.628. The fourth-order valence-corrected chi connectivity index (χ4v) is 4.77. The average molecular weight is 359 g/mol. The van der Waals surface area contributed by atoms with E-state index in [1.165, 1.54) is 6.42 Å². The summed E-state index contributed by atoms with van der Waals surface area (Å²) in [6.45, 7) is 1.49. The molecule has 1 aromatic rings. The van der Waals surface area contributed by atoms with Crippen LogP contribution < -0.4 is 0 Å². The van der Waals surface area contributed by atoms with Crippen molar-refractivity contribution in [3.05, 3.63) is 35.9 Å². The third kappa shape index (κ3) is 2.85. The van der Waals surface area contributed by atoms with Gasteiger partial charge in [-0.05, 0) is 18.4 Å². The molecule has 1 aromatic carbocycles. The Bertz CT molecular complexity index is 659. The van der Waals surface area contributed by atoms with Gasteiger partial charge in [0.2, 0.25) is 0 Å². The predicted molar refractivity (Wildman–Crippen MR) is 91.7 cm³/mol. The van der Waals surface area contributed by atoms with Crippen molar-refractivity contribution in [2.45, 2.75) is 62.7 Å². The monoisotopic (exact) mass is 359 g/mol. The summed E-state index contributed by atoms with van der Waals surface area (Å²) >= 11 is 0. The number of cyclic esters (lactones) is 1. The highest BCUT2D eigenvalue weighted by Crippen LogP contribution is 2.43. The van der Waals surface area contributed by atoms with Gasteiger partial charge in [0.15, 0.2) is 5.79 Å². The molecule has 1 spiro atoms. The topological polar surface area (TPSA) is 57.2 Å². The van der Waals surface area contributed by atoms with Crippen LogP contribution in [0.2, 0.25) is 0 Å². The molecule has 3 aliphatic heterocycles. The van der Waals surface area contributed by atoms with E-state index in [-0.39, 0.29) is 30.1 Å². The van der Waals surface area contributed by atoms with Crippen molar-refractivity contribution in [2.24, 2.45) is 5.92 Å². The Balaban J connectivity index is 1.33. The Morgan fingerprint density at radius 3 is 2.69 bits per heavy atom. The van der Waals surface area contributed by atoms with Gasteiger partial charge in [0.25, 0.3) is 0 Å². The first-order chi connectivity index (χ1) is 12.7. The van der Waals surface area contributed by atoms with Gasteiger partial charge in [-0.2, -0.15) is 5.06 Å². The number of ether oxygens (including phenoxy) is 3. The highest BCUT2D eigenvalue weighted by Gasteiger charge is 2.58. The summed E-state index contributed by atoms with van der Waals surface area (Å²) in [5.41, 5.74) is 1.11. The number of nitrogens with zero attached hydrogens (tertiary/aromatic N) is 1. The molecule has 0 N–H and O–H groups in total. The molecule has 4 atom stereocenters. The SMILES string of the molecule is O=C1OC[C@@H]2[C@@H]([C@H]3COC4(CCCCC4)O3)ON(Cc3ccccc3)[C@@H]12. The van der Waals surface area contributed by atoms with E-state index in [0.29, 0.717) is 19.8 Å². The Morgan fingerprint density at radius 2 is 1.88 bits per heavy atom. The maximum absolute atomic E-state index is 12.3. The lowest BCUT2D eigenvalue weighted by Crippen LogP contribution is -2.39.